The van der Waals surface area contributed by atoms with Crippen molar-refractivity contribution in [3.8, 4) is 0 Å². The highest BCUT2D eigenvalue weighted by atomic mass is 16.2. The van der Waals surface area contributed by atoms with Gasteiger partial charge in [-0.2, -0.15) is 5.10 Å². The number of carbonyl (C=O) groups is 1. The average Bonchev–Trinajstić information content (AvgIpc) is 2.79. The van der Waals surface area contributed by atoms with Gasteiger partial charge in [0, 0.05) is 25.0 Å². The SMILES string of the molecule is CCc1nn(C)cc1NC(=O)Nc1ccc(C(C)N)cc1. The number of anilines is 2. The third kappa shape index (κ3) is 3.82. The van der Waals surface area contributed by atoms with E-state index in [-0.39, 0.29) is 12.1 Å². The maximum atomic E-state index is 12.0. The second kappa shape index (κ2) is 6.41. The van der Waals surface area contributed by atoms with Crippen LogP contribution in [0, 0.1) is 0 Å². The molecule has 6 heteroatoms. The van der Waals surface area contributed by atoms with Gasteiger partial charge >= 0.3 is 6.03 Å². The standard InChI is InChI=1S/C15H21N5O/c1-4-13-14(9-20(3)19-13)18-15(21)17-12-7-5-11(6-8-12)10(2)16/h5-10H,4,16H2,1-3H3,(H2,17,18,21). The lowest BCUT2D eigenvalue weighted by molar-refractivity contribution is 0.262. The summed E-state index contributed by atoms with van der Waals surface area (Å²) in [5, 5.41) is 9.88. The smallest absolute Gasteiger partial charge is 0.323 e. The van der Waals surface area contributed by atoms with E-state index in [9.17, 15) is 4.79 Å². The van der Waals surface area contributed by atoms with Crippen molar-refractivity contribution in [2.75, 3.05) is 10.6 Å². The van der Waals surface area contributed by atoms with E-state index < -0.39 is 0 Å². The molecule has 2 aromatic rings. The van der Waals surface area contributed by atoms with Crippen LogP contribution < -0.4 is 16.4 Å². The first-order valence-electron chi connectivity index (χ1n) is 6.95. The predicted octanol–water partition coefficient (Wildman–Crippen LogP) is 2.65. The molecule has 4 N–H and O–H groups in total. The minimum atomic E-state index is -0.286. The molecule has 0 fully saturated rings. The number of carbonyl (C=O) groups excluding carboxylic acids is 1. The second-order valence-electron chi connectivity index (χ2n) is 5.01. The highest BCUT2D eigenvalue weighted by molar-refractivity contribution is 6.00. The van der Waals surface area contributed by atoms with Crippen molar-refractivity contribution in [3.63, 3.8) is 0 Å². The largest absolute Gasteiger partial charge is 0.324 e. The van der Waals surface area contributed by atoms with Crippen LogP contribution >= 0.6 is 0 Å². The van der Waals surface area contributed by atoms with Crippen molar-refractivity contribution in [1.29, 1.82) is 0 Å². The van der Waals surface area contributed by atoms with Crippen LogP contribution in [0.1, 0.15) is 31.1 Å². The van der Waals surface area contributed by atoms with Gasteiger partial charge in [0.25, 0.3) is 0 Å². The summed E-state index contributed by atoms with van der Waals surface area (Å²) in [6.45, 7) is 3.92. The van der Waals surface area contributed by atoms with E-state index in [1.807, 2.05) is 45.2 Å². The lowest BCUT2D eigenvalue weighted by Gasteiger charge is -2.09. The Kier molecular flexibility index (Phi) is 4.59. The van der Waals surface area contributed by atoms with E-state index in [0.29, 0.717) is 0 Å². The van der Waals surface area contributed by atoms with Crippen molar-refractivity contribution >= 4 is 17.4 Å². The van der Waals surface area contributed by atoms with Gasteiger partial charge in [0.2, 0.25) is 0 Å². The molecule has 0 saturated heterocycles. The van der Waals surface area contributed by atoms with Gasteiger partial charge in [-0.25, -0.2) is 4.79 Å². The van der Waals surface area contributed by atoms with Crippen LogP contribution in [0.4, 0.5) is 16.2 Å². The van der Waals surface area contributed by atoms with Crippen LogP contribution in [0.15, 0.2) is 30.5 Å². The summed E-state index contributed by atoms with van der Waals surface area (Å²) in [5.41, 5.74) is 9.13. The summed E-state index contributed by atoms with van der Waals surface area (Å²) in [6.07, 6.45) is 2.55. The van der Waals surface area contributed by atoms with Crippen LogP contribution in [-0.2, 0) is 13.5 Å². The Morgan fingerprint density at radius 3 is 2.57 bits per heavy atom. The molecule has 1 aromatic carbocycles. The Labute approximate surface area is 124 Å². The fourth-order valence-electron chi connectivity index (χ4n) is 2.05. The number of hydrogen-bond donors (Lipinski definition) is 3. The maximum Gasteiger partial charge on any atom is 0.323 e. The Hall–Kier alpha value is -2.34. The van der Waals surface area contributed by atoms with Crippen LogP contribution in [-0.4, -0.2) is 15.8 Å². The number of aromatic nitrogens is 2. The van der Waals surface area contributed by atoms with Crippen LogP contribution in [0.5, 0.6) is 0 Å². The minimum Gasteiger partial charge on any atom is -0.324 e. The fourth-order valence-corrected chi connectivity index (χ4v) is 2.05. The van der Waals surface area contributed by atoms with Gasteiger partial charge in [-0.15, -0.1) is 0 Å². The number of aryl methyl sites for hydroxylation is 2. The molecule has 0 spiro atoms. The van der Waals surface area contributed by atoms with Gasteiger partial charge in [0.15, 0.2) is 0 Å². The molecule has 1 aromatic heterocycles. The van der Waals surface area contributed by atoms with E-state index in [1.54, 1.807) is 10.9 Å². The molecule has 0 aliphatic rings. The van der Waals surface area contributed by atoms with Crippen molar-refractivity contribution in [2.45, 2.75) is 26.3 Å². The highest BCUT2D eigenvalue weighted by Gasteiger charge is 2.09. The lowest BCUT2D eigenvalue weighted by atomic mass is 10.1. The molecule has 2 rings (SSSR count). The first-order chi connectivity index (χ1) is 9.99. The molecular formula is C15H21N5O. The zero-order valence-corrected chi connectivity index (χ0v) is 12.6. The third-order valence-electron chi connectivity index (χ3n) is 3.18. The van der Waals surface area contributed by atoms with E-state index in [0.717, 1.165) is 29.1 Å². The number of nitrogens with one attached hydrogen (secondary N) is 2. The zero-order valence-electron chi connectivity index (χ0n) is 12.6. The number of nitrogens with zero attached hydrogens (tertiary/aromatic N) is 2. The molecule has 112 valence electrons. The molecule has 0 saturated carbocycles. The topological polar surface area (TPSA) is 85.0 Å². The number of nitrogens with two attached hydrogens (primary N) is 1. The van der Waals surface area contributed by atoms with Gasteiger partial charge in [0.1, 0.15) is 0 Å². The first kappa shape index (κ1) is 15.1. The molecule has 6 nitrogen and oxygen atoms in total. The van der Waals surface area contributed by atoms with Gasteiger partial charge in [-0.1, -0.05) is 19.1 Å². The van der Waals surface area contributed by atoms with E-state index >= 15 is 0 Å². The molecular weight excluding hydrogens is 266 g/mol. The average molecular weight is 287 g/mol. The van der Waals surface area contributed by atoms with Crippen LogP contribution in [0.3, 0.4) is 0 Å². The fraction of sp³-hybridized carbons (Fsp3) is 0.333. The highest BCUT2D eigenvalue weighted by Crippen LogP contribution is 2.16. The Balaban J connectivity index is 2.01. The van der Waals surface area contributed by atoms with Crippen LogP contribution in [0.2, 0.25) is 0 Å². The van der Waals surface area contributed by atoms with Gasteiger partial charge in [-0.3, -0.25) is 4.68 Å². The Morgan fingerprint density at radius 2 is 2.00 bits per heavy atom. The quantitative estimate of drug-likeness (QED) is 0.808. The number of urea groups is 1. The minimum absolute atomic E-state index is 0.0182. The summed E-state index contributed by atoms with van der Waals surface area (Å²) < 4.78 is 1.69. The number of hydrogen-bond acceptors (Lipinski definition) is 3. The summed E-state index contributed by atoms with van der Waals surface area (Å²) in [4.78, 5) is 12.0. The van der Waals surface area contributed by atoms with E-state index in [1.165, 1.54) is 0 Å². The summed E-state index contributed by atoms with van der Waals surface area (Å²) >= 11 is 0. The maximum absolute atomic E-state index is 12.0. The molecule has 1 heterocycles. The monoisotopic (exact) mass is 287 g/mol. The van der Waals surface area contributed by atoms with Gasteiger partial charge in [0.05, 0.1) is 11.4 Å². The summed E-state index contributed by atoms with van der Waals surface area (Å²) in [6, 6.07) is 7.18. The Bertz CT molecular complexity index is 615. The molecule has 0 bridgehead atoms. The molecule has 0 aliphatic carbocycles. The lowest BCUT2D eigenvalue weighted by Crippen LogP contribution is -2.19. The molecule has 2 amide bonds. The first-order valence-corrected chi connectivity index (χ1v) is 6.95. The molecule has 21 heavy (non-hydrogen) atoms. The number of benzene rings is 1. The third-order valence-corrected chi connectivity index (χ3v) is 3.18. The zero-order chi connectivity index (χ0) is 15.4. The Morgan fingerprint density at radius 1 is 1.33 bits per heavy atom. The van der Waals surface area contributed by atoms with Crippen molar-refractivity contribution in [1.82, 2.24) is 9.78 Å². The number of rotatable bonds is 4. The normalized spacial score (nSPS) is 12.0. The molecule has 0 radical (unpaired) electrons. The van der Waals surface area contributed by atoms with Crippen molar-refractivity contribution in [3.05, 3.63) is 41.7 Å². The van der Waals surface area contributed by atoms with Crippen molar-refractivity contribution < 1.29 is 4.79 Å². The predicted molar refractivity (Wildman–Crippen MR) is 84.3 cm³/mol. The molecule has 1 unspecified atom stereocenters. The molecule has 0 aliphatic heterocycles. The van der Waals surface area contributed by atoms with Gasteiger partial charge in [-0.05, 0) is 31.0 Å². The second-order valence-corrected chi connectivity index (χ2v) is 5.01. The summed E-state index contributed by atoms with van der Waals surface area (Å²) in [5.74, 6) is 0. The van der Waals surface area contributed by atoms with Crippen LogP contribution in [0.25, 0.3) is 0 Å². The summed E-state index contributed by atoms with van der Waals surface area (Å²) in [7, 11) is 1.83. The van der Waals surface area contributed by atoms with Crippen molar-refractivity contribution in [2.24, 2.45) is 12.8 Å². The van der Waals surface area contributed by atoms with E-state index in [4.69, 9.17) is 5.73 Å². The van der Waals surface area contributed by atoms with E-state index in [2.05, 4.69) is 15.7 Å². The number of amides is 2. The van der Waals surface area contributed by atoms with Gasteiger partial charge < -0.3 is 16.4 Å². The molecule has 1 atom stereocenters.